The van der Waals surface area contributed by atoms with E-state index in [0.29, 0.717) is 13.0 Å². The second-order valence-electron chi connectivity index (χ2n) is 6.59. The number of anilines is 1. The summed E-state index contributed by atoms with van der Waals surface area (Å²) < 4.78 is 32.7. The fraction of sp³-hybridized carbons (Fsp3) is 0.400. The molecule has 140 valence electrons. The molecule has 1 heterocycles. The van der Waals surface area contributed by atoms with Crippen LogP contribution in [0, 0.1) is 0 Å². The highest BCUT2D eigenvalue weighted by Crippen LogP contribution is 2.24. The molecule has 1 aliphatic rings. The van der Waals surface area contributed by atoms with Crippen LogP contribution in [0.15, 0.2) is 54.6 Å². The summed E-state index contributed by atoms with van der Waals surface area (Å²) in [7, 11) is -1.68. The van der Waals surface area contributed by atoms with Crippen molar-refractivity contribution in [3.63, 3.8) is 0 Å². The molecule has 0 bridgehead atoms. The van der Waals surface area contributed by atoms with Crippen molar-refractivity contribution in [3.05, 3.63) is 60.2 Å². The quantitative estimate of drug-likeness (QED) is 0.772. The minimum Gasteiger partial charge on any atom is -0.497 e. The highest BCUT2D eigenvalue weighted by Gasteiger charge is 2.25. The predicted octanol–water partition coefficient (Wildman–Crippen LogP) is 2.83. The zero-order valence-electron chi connectivity index (χ0n) is 15.1. The van der Waals surface area contributed by atoms with E-state index < -0.39 is 10.0 Å². The summed E-state index contributed by atoms with van der Waals surface area (Å²) in [5, 5.41) is 0. The van der Waals surface area contributed by atoms with Crippen molar-refractivity contribution in [1.29, 1.82) is 0 Å². The van der Waals surface area contributed by atoms with Gasteiger partial charge in [0.05, 0.1) is 12.9 Å². The predicted molar refractivity (Wildman–Crippen MR) is 105 cm³/mol. The number of hydrogen-bond donors (Lipinski definition) is 1. The zero-order valence-corrected chi connectivity index (χ0v) is 15.9. The number of nitrogens with zero attached hydrogens (tertiary/aromatic N) is 1. The number of benzene rings is 2. The molecule has 0 aromatic heterocycles. The van der Waals surface area contributed by atoms with E-state index in [4.69, 9.17) is 4.74 Å². The van der Waals surface area contributed by atoms with E-state index in [-0.39, 0.29) is 11.8 Å². The van der Waals surface area contributed by atoms with Gasteiger partial charge >= 0.3 is 0 Å². The van der Waals surface area contributed by atoms with E-state index in [9.17, 15) is 8.42 Å². The molecule has 3 rings (SSSR count). The lowest BCUT2D eigenvalue weighted by Gasteiger charge is -2.27. The van der Waals surface area contributed by atoms with Gasteiger partial charge in [0.15, 0.2) is 0 Å². The van der Waals surface area contributed by atoms with Crippen LogP contribution in [0.4, 0.5) is 5.69 Å². The lowest BCUT2D eigenvalue weighted by molar-refractivity contribution is 0.414. The number of hydrogen-bond acceptors (Lipinski definition) is 4. The van der Waals surface area contributed by atoms with Crippen molar-refractivity contribution in [3.8, 4) is 5.75 Å². The van der Waals surface area contributed by atoms with E-state index >= 15 is 0 Å². The number of methoxy groups -OCH3 is 1. The van der Waals surface area contributed by atoms with Crippen molar-refractivity contribution in [2.75, 3.05) is 30.9 Å². The largest absolute Gasteiger partial charge is 0.497 e. The summed E-state index contributed by atoms with van der Waals surface area (Å²) in [4.78, 5) is 2.30. The maximum Gasteiger partial charge on any atom is 0.211 e. The fourth-order valence-electron chi connectivity index (χ4n) is 3.35. The van der Waals surface area contributed by atoms with Crippen molar-refractivity contribution >= 4 is 15.7 Å². The van der Waals surface area contributed by atoms with Crippen LogP contribution in [0.2, 0.25) is 0 Å². The number of sulfonamides is 1. The summed E-state index contributed by atoms with van der Waals surface area (Å²) in [5.74, 6) is 0.870. The van der Waals surface area contributed by atoms with Crippen LogP contribution < -0.4 is 14.4 Å². The van der Waals surface area contributed by atoms with Crippen LogP contribution >= 0.6 is 0 Å². The van der Waals surface area contributed by atoms with Crippen LogP contribution in [0.5, 0.6) is 5.75 Å². The minimum absolute atomic E-state index is 0.0946. The Labute approximate surface area is 156 Å². The average molecular weight is 375 g/mol. The van der Waals surface area contributed by atoms with Crippen molar-refractivity contribution in [2.24, 2.45) is 0 Å². The zero-order chi connectivity index (χ0) is 18.4. The maximum atomic E-state index is 12.4. The molecule has 1 atom stereocenters. The monoisotopic (exact) mass is 374 g/mol. The second-order valence-corrected chi connectivity index (χ2v) is 8.52. The van der Waals surface area contributed by atoms with Gasteiger partial charge in [-0.15, -0.1) is 0 Å². The van der Waals surface area contributed by atoms with Crippen LogP contribution in [-0.4, -0.2) is 40.4 Å². The number of aryl methyl sites for hydroxylation is 1. The molecule has 0 aliphatic carbocycles. The molecule has 6 heteroatoms. The van der Waals surface area contributed by atoms with E-state index in [1.165, 1.54) is 0 Å². The molecule has 0 amide bonds. The van der Waals surface area contributed by atoms with Gasteiger partial charge in [0, 0.05) is 24.8 Å². The smallest absolute Gasteiger partial charge is 0.211 e. The number of rotatable bonds is 8. The first-order valence-electron chi connectivity index (χ1n) is 8.99. The summed E-state index contributed by atoms with van der Waals surface area (Å²) >= 11 is 0. The molecule has 1 aliphatic heterocycles. The van der Waals surface area contributed by atoms with Crippen LogP contribution in [0.1, 0.15) is 18.4 Å². The molecule has 1 saturated heterocycles. The van der Waals surface area contributed by atoms with E-state index in [0.717, 1.165) is 36.4 Å². The first kappa shape index (κ1) is 18.7. The van der Waals surface area contributed by atoms with Gasteiger partial charge in [-0.3, -0.25) is 0 Å². The van der Waals surface area contributed by atoms with E-state index in [1.807, 2.05) is 42.5 Å². The third-order valence-electron chi connectivity index (χ3n) is 4.82. The first-order valence-corrected chi connectivity index (χ1v) is 10.6. The highest BCUT2D eigenvalue weighted by molar-refractivity contribution is 7.89. The first-order chi connectivity index (χ1) is 12.6. The molecule has 0 spiro atoms. The molecule has 0 saturated carbocycles. The molecular weight excluding hydrogens is 348 g/mol. The molecule has 0 radical (unpaired) electrons. The lowest BCUT2D eigenvalue weighted by atomic mass is 10.2. The van der Waals surface area contributed by atoms with Gasteiger partial charge in [-0.2, -0.15) is 0 Å². The van der Waals surface area contributed by atoms with E-state index in [2.05, 4.69) is 21.8 Å². The molecule has 2 aromatic carbocycles. The summed E-state index contributed by atoms with van der Waals surface area (Å²) in [6.07, 6.45) is 2.59. The second kappa shape index (κ2) is 8.56. The van der Waals surface area contributed by atoms with Gasteiger partial charge < -0.3 is 9.64 Å². The molecule has 26 heavy (non-hydrogen) atoms. The van der Waals surface area contributed by atoms with Gasteiger partial charge in [0.2, 0.25) is 10.0 Å². The van der Waals surface area contributed by atoms with Gasteiger partial charge in [0.1, 0.15) is 5.75 Å². The average Bonchev–Trinajstić information content (AvgIpc) is 3.15. The van der Waals surface area contributed by atoms with Crippen molar-refractivity contribution in [2.45, 2.75) is 25.3 Å². The van der Waals surface area contributed by atoms with Gasteiger partial charge in [0.25, 0.3) is 0 Å². The SMILES string of the molecule is COc1ccc(CCS(=O)(=O)NCC2CCCN2c2ccccc2)cc1. The van der Waals surface area contributed by atoms with Crippen LogP contribution in [-0.2, 0) is 16.4 Å². The maximum absolute atomic E-state index is 12.4. The topological polar surface area (TPSA) is 58.6 Å². The lowest BCUT2D eigenvalue weighted by Crippen LogP contribution is -2.41. The molecule has 5 nitrogen and oxygen atoms in total. The van der Waals surface area contributed by atoms with Gasteiger partial charge in [-0.05, 0) is 49.1 Å². The van der Waals surface area contributed by atoms with Gasteiger partial charge in [-0.1, -0.05) is 30.3 Å². The Morgan fingerprint density at radius 2 is 1.85 bits per heavy atom. The number of para-hydroxylation sites is 1. The highest BCUT2D eigenvalue weighted by atomic mass is 32.2. The van der Waals surface area contributed by atoms with Crippen LogP contribution in [0.3, 0.4) is 0 Å². The number of nitrogens with one attached hydrogen (secondary N) is 1. The normalized spacial score (nSPS) is 17.4. The third-order valence-corrected chi connectivity index (χ3v) is 6.17. The Kier molecular flexibility index (Phi) is 6.16. The van der Waals surface area contributed by atoms with Gasteiger partial charge in [-0.25, -0.2) is 13.1 Å². The number of ether oxygens (including phenoxy) is 1. The summed E-state index contributed by atoms with van der Waals surface area (Å²) in [6, 6.07) is 17.9. The summed E-state index contributed by atoms with van der Waals surface area (Å²) in [6.45, 7) is 1.43. The van der Waals surface area contributed by atoms with Crippen molar-refractivity contribution in [1.82, 2.24) is 4.72 Å². The molecular formula is C20H26N2O3S. The minimum atomic E-state index is -3.30. The Hall–Kier alpha value is -2.05. The molecule has 2 aromatic rings. The van der Waals surface area contributed by atoms with Crippen LogP contribution in [0.25, 0.3) is 0 Å². The fourth-order valence-corrected chi connectivity index (χ4v) is 4.44. The Morgan fingerprint density at radius 1 is 1.12 bits per heavy atom. The molecule has 1 unspecified atom stereocenters. The summed E-state index contributed by atoms with van der Waals surface area (Å²) in [5.41, 5.74) is 2.15. The Balaban J connectivity index is 1.52. The molecule has 1 fully saturated rings. The standard InChI is InChI=1S/C20H26N2O3S/c1-25-20-11-9-17(10-12-20)13-15-26(23,24)21-16-19-8-5-14-22(19)18-6-3-2-4-7-18/h2-4,6-7,9-12,19,21H,5,8,13-16H2,1H3. The Morgan fingerprint density at radius 3 is 2.54 bits per heavy atom. The molecule has 1 N–H and O–H groups in total. The Bertz CT molecular complexity index is 792. The van der Waals surface area contributed by atoms with Crippen molar-refractivity contribution < 1.29 is 13.2 Å². The van der Waals surface area contributed by atoms with E-state index in [1.54, 1.807) is 7.11 Å². The third kappa shape index (κ3) is 4.99.